The smallest absolute Gasteiger partial charge is 0.182 e. The lowest BCUT2D eigenvalue weighted by Crippen LogP contribution is -1.94. The fourth-order valence-electron chi connectivity index (χ4n) is 1.43. The third-order valence-corrected chi connectivity index (χ3v) is 2.42. The standard InChI is InChI=1S/C8H7ClN4/c9-7-3-6-8(12-11-7)13(4-10-6)5-1-2-5/h3-5H,1-2H2. The second kappa shape index (κ2) is 2.42. The zero-order valence-electron chi connectivity index (χ0n) is 6.81. The minimum atomic E-state index is 0.397. The summed E-state index contributed by atoms with van der Waals surface area (Å²) in [6.45, 7) is 0. The van der Waals surface area contributed by atoms with Crippen LogP contribution in [0.25, 0.3) is 11.2 Å². The molecule has 2 heterocycles. The first-order valence-electron chi connectivity index (χ1n) is 4.20. The number of hydrogen-bond donors (Lipinski definition) is 0. The van der Waals surface area contributed by atoms with Crippen LogP contribution >= 0.6 is 11.6 Å². The van der Waals surface area contributed by atoms with Crippen LogP contribution in [-0.4, -0.2) is 19.7 Å². The van der Waals surface area contributed by atoms with Gasteiger partial charge in [0.25, 0.3) is 0 Å². The van der Waals surface area contributed by atoms with E-state index in [9.17, 15) is 0 Å². The maximum absolute atomic E-state index is 5.70. The molecule has 0 bridgehead atoms. The molecule has 1 aliphatic carbocycles. The van der Waals surface area contributed by atoms with E-state index in [0.717, 1.165) is 11.2 Å². The molecular weight excluding hydrogens is 188 g/mol. The number of hydrogen-bond acceptors (Lipinski definition) is 3. The van der Waals surface area contributed by atoms with E-state index in [-0.39, 0.29) is 0 Å². The molecule has 0 N–H and O–H groups in total. The number of fused-ring (bicyclic) bond motifs is 1. The maximum atomic E-state index is 5.70. The summed E-state index contributed by atoms with van der Waals surface area (Å²) in [7, 11) is 0. The van der Waals surface area contributed by atoms with Crippen molar-refractivity contribution in [1.82, 2.24) is 19.7 Å². The Morgan fingerprint density at radius 1 is 1.38 bits per heavy atom. The first kappa shape index (κ1) is 7.26. The van der Waals surface area contributed by atoms with Crippen LogP contribution in [0, 0.1) is 0 Å². The Bertz CT molecular complexity index is 460. The Kier molecular flexibility index (Phi) is 1.35. The van der Waals surface area contributed by atoms with Gasteiger partial charge in [-0.3, -0.25) is 0 Å². The molecule has 66 valence electrons. The highest BCUT2D eigenvalue weighted by Gasteiger charge is 2.25. The van der Waals surface area contributed by atoms with Crippen LogP contribution in [0.3, 0.4) is 0 Å². The molecule has 0 atom stereocenters. The molecule has 2 aromatic heterocycles. The van der Waals surface area contributed by atoms with Crippen molar-refractivity contribution in [2.75, 3.05) is 0 Å². The van der Waals surface area contributed by atoms with Crippen LogP contribution in [-0.2, 0) is 0 Å². The average molecular weight is 195 g/mol. The first-order valence-corrected chi connectivity index (χ1v) is 4.58. The number of imidazole rings is 1. The van der Waals surface area contributed by atoms with Gasteiger partial charge < -0.3 is 4.57 Å². The van der Waals surface area contributed by atoms with E-state index in [1.165, 1.54) is 12.8 Å². The Morgan fingerprint density at radius 3 is 3.00 bits per heavy atom. The Morgan fingerprint density at radius 2 is 2.23 bits per heavy atom. The summed E-state index contributed by atoms with van der Waals surface area (Å²) >= 11 is 5.70. The lowest BCUT2D eigenvalue weighted by molar-refractivity contribution is 0.751. The molecule has 3 rings (SSSR count). The van der Waals surface area contributed by atoms with Gasteiger partial charge in [-0.1, -0.05) is 11.6 Å². The molecule has 1 fully saturated rings. The van der Waals surface area contributed by atoms with Crippen molar-refractivity contribution in [2.24, 2.45) is 0 Å². The van der Waals surface area contributed by atoms with Crippen molar-refractivity contribution in [2.45, 2.75) is 18.9 Å². The zero-order valence-corrected chi connectivity index (χ0v) is 7.57. The monoisotopic (exact) mass is 194 g/mol. The van der Waals surface area contributed by atoms with Gasteiger partial charge in [-0.15, -0.1) is 10.2 Å². The van der Waals surface area contributed by atoms with E-state index in [1.54, 1.807) is 6.07 Å². The third-order valence-electron chi connectivity index (χ3n) is 2.23. The van der Waals surface area contributed by atoms with Gasteiger partial charge >= 0.3 is 0 Å². The predicted octanol–water partition coefficient (Wildman–Crippen LogP) is 1.81. The van der Waals surface area contributed by atoms with Crippen molar-refractivity contribution in [3.05, 3.63) is 17.5 Å². The van der Waals surface area contributed by atoms with Crippen LogP contribution in [0.4, 0.5) is 0 Å². The molecule has 4 nitrogen and oxygen atoms in total. The van der Waals surface area contributed by atoms with Gasteiger partial charge in [0.1, 0.15) is 5.52 Å². The Hall–Kier alpha value is -1.16. The van der Waals surface area contributed by atoms with Crippen LogP contribution in [0.15, 0.2) is 12.4 Å². The Labute approximate surface area is 79.6 Å². The summed E-state index contributed by atoms with van der Waals surface area (Å²) in [4.78, 5) is 4.22. The summed E-state index contributed by atoms with van der Waals surface area (Å²) < 4.78 is 2.07. The minimum absolute atomic E-state index is 0.397. The molecule has 0 aromatic carbocycles. The van der Waals surface area contributed by atoms with Crippen molar-refractivity contribution in [3.63, 3.8) is 0 Å². The summed E-state index contributed by atoms with van der Waals surface area (Å²) in [6, 6.07) is 2.32. The molecule has 13 heavy (non-hydrogen) atoms. The Balaban J connectivity index is 2.26. The lowest BCUT2D eigenvalue weighted by Gasteiger charge is -1.97. The van der Waals surface area contributed by atoms with E-state index in [0.29, 0.717) is 11.2 Å². The van der Waals surface area contributed by atoms with Gasteiger partial charge in [0, 0.05) is 12.1 Å². The van der Waals surface area contributed by atoms with E-state index in [1.807, 2.05) is 6.33 Å². The highest BCUT2D eigenvalue weighted by molar-refractivity contribution is 6.29. The molecular formula is C8H7ClN4. The van der Waals surface area contributed by atoms with Crippen LogP contribution in [0.1, 0.15) is 18.9 Å². The average Bonchev–Trinajstić information content (AvgIpc) is 2.87. The number of nitrogens with zero attached hydrogens (tertiary/aromatic N) is 4. The topological polar surface area (TPSA) is 43.6 Å². The molecule has 1 aliphatic rings. The molecule has 0 spiro atoms. The van der Waals surface area contributed by atoms with E-state index < -0.39 is 0 Å². The number of halogens is 1. The molecule has 0 saturated heterocycles. The summed E-state index contributed by atoms with van der Waals surface area (Å²) in [5.41, 5.74) is 1.67. The zero-order chi connectivity index (χ0) is 8.84. The number of rotatable bonds is 1. The fraction of sp³-hybridized carbons (Fsp3) is 0.375. The van der Waals surface area contributed by atoms with Gasteiger partial charge in [0.2, 0.25) is 0 Å². The van der Waals surface area contributed by atoms with Crippen molar-refractivity contribution >= 4 is 22.8 Å². The van der Waals surface area contributed by atoms with Gasteiger partial charge in [-0.2, -0.15) is 0 Å². The van der Waals surface area contributed by atoms with Crippen molar-refractivity contribution in [3.8, 4) is 0 Å². The van der Waals surface area contributed by atoms with Gasteiger partial charge in [0.05, 0.1) is 6.33 Å². The minimum Gasteiger partial charge on any atom is -0.311 e. The maximum Gasteiger partial charge on any atom is 0.182 e. The van der Waals surface area contributed by atoms with Crippen molar-refractivity contribution < 1.29 is 0 Å². The largest absolute Gasteiger partial charge is 0.311 e. The highest BCUT2D eigenvalue weighted by atomic mass is 35.5. The van der Waals surface area contributed by atoms with Gasteiger partial charge in [-0.05, 0) is 12.8 Å². The summed E-state index contributed by atoms with van der Waals surface area (Å²) in [5.74, 6) is 0. The van der Waals surface area contributed by atoms with Crippen LogP contribution in [0.5, 0.6) is 0 Å². The van der Waals surface area contributed by atoms with Gasteiger partial charge in [0.15, 0.2) is 10.8 Å². The quantitative estimate of drug-likeness (QED) is 0.696. The third kappa shape index (κ3) is 1.09. The second-order valence-corrected chi connectivity index (χ2v) is 3.65. The highest BCUT2D eigenvalue weighted by Crippen LogP contribution is 2.36. The number of aromatic nitrogens is 4. The lowest BCUT2D eigenvalue weighted by atomic mass is 10.5. The molecule has 2 aromatic rings. The predicted molar refractivity (Wildman–Crippen MR) is 48.6 cm³/mol. The summed E-state index contributed by atoms with van der Waals surface area (Å²) in [5, 5.41) is 8.22. The van der Waals surface area contributed by atoms with E-state index >= 15 is 0 Å². The normalized spacial score (nSPS) is 16.7. The van der Waals surface area contributed by atoms with E-state index in [4.69, 9.17) is 11.6 Å². The van der Waals surface area contributed by atoms with E-state index in [2.05, 4.69) is 19.7 Å². The second-order valence-electron chi connectivity index (χ2n) is 3.26. The first-order chi connectivity index (χ1) is 6.34. The van der Waals surface area contributed by atoms with Crippen LogP contribution in [0.2, 0.25) is 5.15 Å². The van der Waals surface area contributed by atoms with Gasteiger partial charge in [-0.25, -0.2) is 4.98 Å². The molecule has 0 unspecified atom stereocenters. The van der Waals surface area contributed by atoms with Crippen molar-refractivity contribution in [1.29, 1.82) is 0 Å². The molecule has 0 radical (unpaired) electrons. The molecule has 0 aliphatic heterocycles. The molecule has 0 amide bonds. The van der Waals surface area contributed by atoms with Crippen LogP contribution < -0.4 is 0 Å². The summed E-state index contributed by atoms with van der Waals surface area (Å²) in [6.07, 6.45) is 4.25. The molecule has 1 saturated carbocycles. The molecule has 5 heteroatoms. The fourth-order valence-corrected chi connectivity index (χ4v) is 1.57. The SMILES string of the molecule is Clc1cc2ncn(C3CC3)c2nn1.